The largest absolute Gasteiger partial charge is 0.507 e. The second kappa shape index (κ2) is 7.27. The Labute approximate surface area is 153 Å². The summed E-state index contributed by atoms with van der Waals surface area (Å²) in [6, 6.07) is 9.44. The number of phenols is 1. The van der Waals surface area contributed by atoms with Crippen LogP contribution >= 0.6 is 28.1 Å². The minimum atomic E-state index is 0.179. The number of hydrogen-bond acceptors (Lipinski definition) is 4. The third-order valence-electron chi connectivity index (χ3n) is 3.77. The van der Waals surface area contributed by atoms with Crippen LogP contribution in [0.15, 0.2) is 39.9 Å². The SMILES string of the molecule is CCCCc1n[nH]c(=S)n1/N=C\c1c(O)ccc2cc(Br)ccc12. The molecule has 0 spiro atoms. The van der Waals surface area contributed by atoms with E-state index in [1.807, 2.05) is 24.3 Å². The summed E-state index contributed by atoms with van der Waals surface area (Å²) in [6.07, 6.45) is 4.52. The quantitative estimate of drug-likeness (QED) is 0.474. The van der Waals surface area contributed by atoms with E-state index in [1.165, 1.54) is 0 Å². The molecule has 0 aliphatic heterocycles. The Bertz CT molecular complexity index is 961. The van der Waals surface area contributed by atoms with E-state index in [4.69, 9.17) is 12.2 Å². The van der Waals surface area contributed by atoms with E-state index < -0.39 is 0 Å². The number of phenolic OH excluding ortho intramolecular Hbond substituents is 1. The van der Waals surface area contributed by atoms with Crippen molar-refractivity contribution in [2.45, 2.75) is 26.2 Å². The Morgan fingerprint density at radius 1 is 1.38 bits per heavy atom. The van der Waals surface area contributed by atoms with Gasteiger partial charge in [0.15, 0.2) is 5.82 Å². The van der Waals surface area contributed by atoms with Crippen molar-refractivity contribution in [1.29, 1.82) is 0 Å². The van der Waals surface area contributed by atoms with Crippen molar-refractivity contribution in [3.05, 3.63) is 51.0 Å². The first-order chi connectivity index (χ1) is 11.6. The summed E-state index contributed by atoms with van der Waals surface area (Å²) in [6.45, 7) is 2.13. The van der Waals surface area contributed by atoms with Gasteiger partial charge in [-0.1, -0.05) is 41.4 Å². The predicted molar refractivity (Wildman–Crippen MR) is 102 cm³/mol. The maximum Gasteiger partial charge on any atom is 0.216 e. The van der Waals surface area contributed by atoms with Crippen molar-refractivity contribution in [2.24, 2.45) is 5.10 Å². The minimum absolute atomic E-state index is 0.179. The molecular weight excluding hydrogens is 388 g/mol. The van der Waals surface area contributed by atoms with Crippen LogP contribution in [-0.4, -0.2) is 26.2 Å². The van der Waals surface area contributed by atoms with E-state index in [0.717, 1.165) is 40.3 Å². The van der Waals surface area contributed by atoms with Gasteiger partial charge in [-0.15, -0.1) is 0 Å². The molecule has 3 aromatic rings. The minimum Gasteiger partial charge on any atom is -0.507 e. The smallest absolute Gasteiger partial charge is 0.216 e. The molecule has 124 valence electrons. The maximum absolute atomic E-state index is 10.2. The van der Waals surface area contributed by atoms with E-state index in [0.29, 0.717) is 10.3 Å². The summed E-state index contributed by atoms with van der Waals surface area (Å²) >= 11 is 8.71. The normalized spacial score (nSPS) is 11.6. The lowest BCUT2D eigenvalue weighted by molar-refractivity contribution is 0.475. The van der Waals surface area contributed by atoms with Gasteiger partial charge in [0.25, 0.3) is 0 Å². The summed E-state index contributed by atoms with van der Waals surface area (Å²) in [5, 5.41) is 23.6. The lowest BCUT2D eigenvalue weighted by Gasteiger charge is -2.06. The number of aromatic nitrogens is 3. The van der Waals surface area contributed by atoms with Crippen LogP contribution in [0.25, 0.3) is 10.8 Å². The molecule has 24 heavy (non-hydrogen) atoms. The van der Waals surface area contributed by atoms with Gasteiger partial charge in [-0.05, 0) is 47.6 Å². The zero-order chi connectivity index (χ0) is 17.1. The molecule has 2 aromatic carbocycles. The van der Waals surface area contributed by atoms with E-state index >= 15 is 0 Å². The molecular formula is C17H17BrN4OS. The summed E-state index contributed by atoms with van der Waals surface area (Å²) in [4.78, 5) is 0. The number of fused-ring (bicyclic) bond motifs is 1. The molecule has 1 aromatic heterocycles. The number of aromatic amines is 1. The van der Waals surface area contributed by atoms with Crippen molar-refractivity contribution in [3.63, 3.8) is 0 Å². The van der Waals surface area contributed by atoms with E-state index in [9.17, 15) is 5.11 Å². The monoisotopic (exact) mass is 404 g/mol. The van der Waals surface area contributed by atoms with Crippen molar-refractivity contribution in [1.82, 2.24) is 14.9 Å². The standard InChI is InChI=1S/C17H17BrN4OS/c1-2-3-4-16-20-21-17(24)22(16)19-10-14-13-7-6-12(18)9-11(13)5-8-15(14)23/h5-10,23H,2-4H2,1H3,(H,21,24)/b19-10-. The molecule has 0 unspecified atom stereocenters. The second-order valence-corrected chi connectivity index (χ2v) is 6.77. The molecule has 0 amide bonds. The number of aromatic hydroxyl groups is 1. The van der Waals surface area contributed by atoms with Crippen molar-refractivity contribution >= 4 is 45.1 Å². The van der Waals surface area contributed by atoms with E-state index in [-0.39, 0.29) is 5.75 Å². The highest BCUT2D eigenvalue weighted by Crippen LogP contribution is 2.28. The highest BCUT2D eigenvalue weighted by Gasteiger charge is 2.07. The van der Waals surface area contributed by atoms with Gasteiger partial charge in [-0.2, -0.15) is 14.9 Å². The Kier molecular flexibility index (Phi) is 5.11. The molecule has 0 aliphatic carbocycles. The molecule has 0 aliphatic rings. The van der Waals surface area contributed by atoms with Gasteiger partial charge in [-0.3, -0.25) is 5.10 Å². The highest BCUT2D eigenvalue weighted by atomic mass is 79.9. The average molecular weight is 405 g/mol. The van der Waals surface area contributed by atoms with Gasteiger partial charge < -0.3 is 5.11 Å². The first-order valence-electron chi connectivity index (χ1n) is 7.72. The fourth-order valence-corrected chi connectivity index (χ4v) is 3.08. The van der Waals surface area contributed by atoms with Crippen LogP contribution in [0, 0.1) is 4.77 Å². The first kappa shape index (κ1) is 16.9. The Hall–Kier alpha value is -1.99. The molecule has 0 saturated heterocycles. The fourth-order valence-electron chi connectivity index (χ4n) is 2.50. The lowest BCUT2D eigenvalue weighted by Crippen LogP contribution is -1.99. The molecule has 0 atom stereocenters. The zero-order valence-electron chi connectivity index (χ0n) is 13.2. The molecule has 0 radical (unpaired) electrons. The van der Waals surface area contributed by atoms with Crippen LogP contribution in [0.4, 0.5) is 0 Å². The number of unbranched alkanes of at least 4 members (excludes halogenated alkanes) is 1. The Morgan fingerprint density at radius 2 is 2.21 bits per heavy atom. The van der Waals surface area contributed by atoms with Gasteiger partial charge in [-0.25, -0.2) is 0 Å². The molecule has 0 saturated carbocycles. The van der Waals surface area contributed by atoms with Gasteiger partial charge in [0.05, 0.1) is 6.21 Å². The average Bonchev–Trinajstić information content (AvgIpc) is 2.92. The summed E-state index contributed by atoms with van der Waals surface area (Å²) in [5.41, 5.74) is 0.657. The van der Waals surface area contributed by atoms with Crippen LogP contribution in [0.5, 0.6) is 5.75 Å². The topological polar surface area (TPSA) is 66.2 Å². The molecule has 1 heterocycles. The Balaban J connectivity index is 2.04. The molecule has 7 heteroatoms. The van der Waals surface area contributed by atoms with Crippen molar-refractivity contribution in [2.75, 3.05) is 0 Å². The number of aryl methyl sites for hydroxylation is 1. The van der Waals surface area contributed by atoms with Crippen LogP contribution in [0.2, 0.25) is 0 Å². The summed E-state index contributed by atoms with van der Waals surface area (Å²) in [5.74, 6) is 0.972. The number of H-pyrrole nitrogens is 1. The first-order valence-corrected chi connectivity index (χ1v) is 8.92. The van der Waals surface area contributed by atoms with Crippen LogP contribution < -0.4 is 0 Å². The maximum atomic E-state index is 10.2. The fraction of sp³-hybridized carbons (Fsp3) is 0.235. The molecule has 3 rings (SSSR count). The summed E-state index contributed by atoms with van der Waals surface area (Å²) < 4.78 is 3.05. The van der Waals surface area contributed by atoms with Crippen LogP contribution in [-0.2, 0) is 6.42 Å². The predicted octanol–water partition coefficient (Wildman–Crippen LogP) is 4.79. The van der Waals surface area contributed by atoms with Crippen molar-refractivity contribution < 1.29 is 5.11 Å². The molecule has 2 N–H and O–H groups in total. The number of halogens is 1. The number of rotatable bonds is 5. The molecule has 5 nitrogen and oxygen atoms in total. The van der Waals surface area contributed by atoms with E-state index in [2.05, 4.69) is 38.2 Å². The Morgan fingerprint density at radius 3 is 3.00 bits per heavy atom. The number of hydrogen-bond donors (Lipinski definition) is 2. The third kappa shape index (κ3) is 3.42. The molecule has 0 fully saturated rings. The zero-order valence-corrected chi connectivity index (χ0v) is 15.6. The van der Waals surface area contributed by atoms with Crippen LogP contribution in [0.3, 0.4) is 0 Å². The van der Waals surface area contributed by atoms with Gasteiger partial charge >= 0.3 is 0 Å². The number of benzene rings is 2. The lowest BCUT2D eigenvalue weighted by atomic mass is 10.0. The van der Waals surface area contributed by atoms with Crippen molar-refractivity contribution in [3.8, 4) is 5.75 Å². The van der Waals surface area contributed by atoms with Crippen LogP contribution in [0.1, 0.15) is 31.2 Å². The third-order valence-corrected chi connectivity index (χ3v) is 4.53. The van der Waals surface area contributed by atoms with Gasteiger partial charge in [0.1, 0.15) is 5.75 Å². The number of nitrogens with one attached hydrogen (secondary N) is 1. The second-order valence-electron chi connectivity index (χ2n) is 5.47. The van der Waals surface area contributed by atoms with E-state index in [1.54, 1.807) is 17.0 Å². The van der Waals surface area contributed by atoms with Gasteiger partial charge in [0, 0.05) is 16.5 Å². The number of nitrogens with zero attached hydrogens (tertiary/aromatic N) is 3. The highest BCUT2D eigenvalue weighted by molar-refractivity contribution is 9.10. The summed E-state index contributed by atoms with van der Waals surface area (Å²) in [7, 11) is 0. The van der Waals surface area contributed by atoms with Gasteiger partial charge in [0.2, 0.25) is 4.77 Å². The molecule has 0 bridgehead atoms.